The van der Waals surface area contributed by atoms with E-state index in [1.165, 1.54) is 17.5 Å². The van der Waals surface area contributed by atoms with Crippen LogP contribution in [-0.2, 0) is 22.4 Å². The Hall–Kier alpha value is -2.92. The molecule has 0 radical (unpaired) electrons. The lowest BCUT2D eigenvalue weighted by Gasteiger charge is -2.34. The lowest BCUT2D eigenvalue weighted by molar-refractivity contribution is -0.137. The number of aryl methyl sites for hydroxylation is 2. The first-order valence-electron chi connectivity index (χ1n) is 13.9. The monoisotopic (exact) mass is 533 g/mol. The normalized spacial score (nSPS) is 19.6. The van der Waals surface area contributed by atoms with Crippen LogP contribution < -0.4 is 0 Å². The van der Waals surface area contributed by atoms with Gasteiger partial charge in [0.2, 0.25) is 0 Å². The summed E-state index contributed by atoms with van der Waals surface area (Å²) in [5, 5.41) is 14.5. The van der Waals surface area contributed by atoms with Crippen LogP contribution in [0.25, 0.3) is 0 Å². The minimum atomic E-state index is -0.860. The van der Waals surface area contributed by atoms with E-state index in [1.807, 2.05) is 25.1 Å². The molecule has 0 spiro atoms. The molecule has 0 bridgehead atoms. The van der Waals surface area contributed by atoms with Gasteiger partial charge < -0.3 is 9.63 Å². The van der Waals surface area contributed by atoms with Crippen molar-refractivity contribution in [1.82, 2.24) is 5.16 Å². The number of hydrogen-bond acceptors (Lipinski definition) is 4. The molecule has 2 aromatic carbocycles. The van der Waals surface area contributed by atoms with Gasteiger partial charge in [-0.05, 0) is 86.5 Å². The number of carboxylic acids is 1. The van der Waals surface area contributed by atoms with Gasteiger partial charge in [0.25, 0.3) is 0 Å². The highest BCUT2D eigenvalue weighted by molar-refractivity contribution is 6.31. The molecule has 2 aliphatic rings. The van der Waals surface area contributed by atoms with Gasteiger partial charge in [-0.15, -0.1) is 0 Å². The first kappa shape index (κ1) is 26.7. The molecule has 2 fully saturated rings. The van der Waals surface area contributed by atoms with Gasteiger partial charge in [-0.1, -0.05) is 59.2 Å². The maximum atomic E-state index is 13.2. The van der Waals surface area contributed by atoms with Crippen molar-refractivity contribution in [1.29, 1.82) is 0 Å². The number of halogens is 1. The molecule has 1 heterocycles. The number of aliphatic carboxylic acids is 1. The fourth-order valence-corrected chi connectivity index (χ4v) is 6.19. The third-order valence-electron chi connectivity index (χ3n) is 8.22. The second kappa shape index (κ2) is 11.9. The van der Waals surface area contributed by atoms with E-state index in [9.17, 15) is 14.7 Å². The Morgan fingerprint density at radius 2 is 1.87 bits per heavy atom. The van der Waals surface area contributed by atoms with Crippen LogP contribution in [0.1, 0.15) is 103 Å². The molecule has 5 rings (SSSR count). The molecular formula is C32H36ClNO4. The zero-order valence-corrected chi connectivity index (χ0v) is 22.8. The summed E-state index contributed by atoms with van der Waals surface area (Å²) in [5.41, 5.74) is 5.23. The SMILES string of the molecule is Cc1ccc(CC(=O)C[C@H](CCC(=O)O)c2noc(C3CC(CCc4ccccc4)C3)c2C2CC2)c(Cl)c1. The van der Waals surface area contributed by atoms with Crippen molar-refractivity contribution in [3.63, 3.8) is 0 Å². The first-order chi connectivity index (χ1) is 18.4. The average Bonchev–Trinajstić information content (AvgIpc) is 3.62. The molecule has 1 atom stereocenters. The minimum absolute atomic E-state index is 0.000519. The summed E-state index contributed by atoms with van der Waals surface area (Å²) >= 11 is 6.38. The standard InChI is InChI=1S/C32H36ClNO4/c1-20-7-10-24(28(33)15-20)18-27(35)19-25(13-14-29(36)37)31-30(23-11-12-23)32(38-34-31)26-16-22(17-26)9-8-21-5-3-2-4-6-21/h2-7,10,15,22-23,25-26H,8-9,11-14,16-19H2,1H3,(H,36,37)/t22?,25-,26?/m0/s1. The molecule has 1 aromatic heterocycles. The molecule has 2 aliphatic carbocycles. The first-order valence-corrected chi connectivity index (χ1v) is 14.3. The number of carboxylic acid groups (broad SMARTS) is 1. The van der Waals surface area contributed by atoms with E-state index in [1.54, 1.807) is 0 Å². The van der Waals surface area contributed by atoms with E-state index >= 15 is 0 Å². The van der Waals surface area contributed by atoms with Crippen LogP contribution >= 0.6 is 11.6 Å². The molecule has 2 saturated carbocycles. The maximum absolute atomic E-state index is 13.2. The molecule has 1 N–H and O–H groups in total. The van der Waals surface area contributed by atoms with E-state index < -0.39 is 5.97 Å². The highest BCUT2D eigenvalue weighted by Crippen LogP contribution is 2.52. The van der Waals surface area contributed by atoms with E-state index in [2.05, 4.69) is 35.5 Å². The molecule has 6 heteroatoms. The van der Waals surface area contributed by atoms with Crippen LogP contribution in [0.4, 0.5) is 0 Å². The smallest absolute Gasteiger partial charge is 0.303 e. The zero-order valence-electron chi connectivity index (χ0n) is 22.0. The number of nitrogens with zero attached hydrogens (tertiary/aromatic N) is 1. The number of aromatic nitrogens is 1. The van der Waals surface area contributed by atoms with Gasteiger partial charge in [-0.3, -0.25) is 9.59 Å². The summed E-state index contributed by atoms with van der Waals surface area (Å²) in [5.74, 6) is 1.39. The van der Waals surface area contributed by atoms with Crippen molar-refractivity contribution in [2.24, 2.45) is 5.92 Å². The van der Waals surface area contributed by atoms with E-state index in [0.717, 1.165) is 54.7 Å². The Morgan fingerprint density at radius 1 is 1.11 bits per heavy atom. The van der Waals surface area contributed by atoms with E-state index in [4.69, 9.17) is 16.1 Å². The van der Waals surface area contributed by atoms with Crippen molar-refractivity contribution in [2.45, 2.75) is 88.9 Å². The molecule has 5 nitrogen and oxygen atoms in total. The molecular weight excluding hydrogens is 498 g/mol. The van der Waals surface area contributed by atoms with Gasteiger partial charge >= 0.3 is 5.97 Å². The third kappa shape index (κ3) is 6.55. The molecule has 0 saturated heterocycles. The quantitative estimate of drug-likeness (QED) is 0.242. The number of hydrogen-bond donors (Lipinski definition) is 1. The largest absolute Gasteiger partial charge is 0.481 e. The Morgan fingerprint density at radius 3 is 2.55 bits per heavy atom. The topological polar surface area (TPSA) is 80.4 Å². The lowest BCUT2D eigenvalue weighted by Crippen LogP contribution is -2.23. The molecule has 200 valence electrons. The van der Waals surface area contributed by atoms with Crippen molar-refractivity contribution in [3.8, 4) is 0 Å². The Balaban J connectivity index is 1.28. The molecule has 0 aliphatic heterocycles. The minimum Gasteiger partial charge on any atom is -0.481 e. The number of Topliss-reactive ketones (excluding diaryl/α,β-unsaturated/α-hetero) is 1. The van der Waals surface area contributed by atoms with E-state index in [-0.39, 0.29) is 31.0 Å². The van der Waals surface area contributed by atoms with Crippen LogP contribution in [-0.4, -0.2) is 22.0 Å². The summed E-state index contributed by atoms with van der Waals surface area (Å²) in [6.07, 6.45) is 7.54. The van der Waals surface area contributed by atoms with Crippen LogP contribution in [0.3, 0.4) is 0 Å². The maximum Gasteiger partial charge on any atom is 0.303 e. The molecule has 38 heavy (non-hydrogen) atoms. The molecule has 3 aromatic rings. The molecule has 0 amide bonds. The fraction of sp³-hybridized carbons (Fsp3) is 0.469. The summed E-state index contributed by atoms with van der Waals surface area (Å²) in [4.78, 5) is 24.6. The average molecular weight is 534 g/mol. The number of carbonyl (C=O) groups excluding carboxylic acids is 1. The van der Waals surface area contributed by atoms with Crippen molar-refractivity contribution in [2.75, 3.05) is 0 Å². The molecule has 0 unspecified atom stereocenters. The van der Waals surface area contributed by atoms with Gasteiger partial charge in [0.15, 0.2) is 0 Å². The lowest BCUT2D eigenvalue weighted by atomic mass is 9.70. The summed E-state index contributed by atoms with van der Waals surface area (Å²) < 4.78 is 6.00. The van der Waals surface area contributed by atoms with Gasteiger partial charge in [0.05, 0.1) is 5.69 Å². The Labute approximate surface area is 229 Å². The van der Waals surface area contributed by atoms with Gasteiger partial charge in [0, 0.05) is 41.7 Å². The van der Waals surface area contributed by atoms with Crippen molar-refractivity contribution < 1.29 is 19.2 Å². The van der Waals surface area contributed by atoms with Gasteiger partial charge in [0.1, 0.15) is 11.5 Å². The van der Waals surface area contributed by atoms with Crippen molar-refractivity contribution in [3.05, 3.63) is 87.3 Å². The van der Waals surface area contributed by atoms with Crippen LogP contribution in [0.5, 0.6) is 0 Å². The fourth-order valence-electron chi connectivity index (χ4n) is 5.88. The number of carbonyl (C=O) groups is 2. The second-order valence-electron chi connectivity index (χ2n) is 11.3. The van der Waals surface area contributed by atoms with Gasteiger partial charge in [-0.25, -0.2) is 0 Å². The predicted molar refractivity (Wildman–Crippen MR) is 148 cm³/mol. The number of rotatable bonds is 13. The van der Waals surface area contributed by atoms with Crippen LogP contribution in [0.2, 0.25) is 5.02 Å². The summed E-state index contributed by atoms with van der Waals surface area (Å²) in [6, 6.07) is 16.3. The Bertz CT molecular complexity index is 1270. The number of benzene rings is 2. The number of ketones is 1. The second-order valence-corrected chi connectivity index (χ2v) is 11.7. The summed E-state index contributed by atoms with van der Waals surface area (Å²) in [7, 11) is 0. The van der Waals surface area contributed by atoms with Crippen molar-refractivity contribution >= 4 is 23.4 Å². The van der Waals surface area contributed by atoms with Crippen LogP contribution in [0.15, 0.2) is 53.1 Å². The van der Waals surface area contributed by atoms with Gasteiger partial charge in [-0.2, -0.15) is 0 Å². The highest BCUT2D eigenvalue weighted by Gasteiger charge is 2.41. The predicted octanol–water partition coefficient (Wildman–Crippen LogP) is 7.79. The third-order valence-corrected chi connectivity index (χ3v) is 8.58. The van der Waals surface area contributed by atoms with Crippen LogP contribution in [0, 0.1) is 12.8 Å². The Kier molecular flexibility index (Phi) is 8.32. The highest BCUT2D eigenvalue weighted by atomic mass is 35.5. The zero-order chi connectivity index (χ0) is 26.6. The summed E-state index contributed by atoms with van der Waals surface area (Å²) in [6.45, 7) is 1.97. The van der Waals surface area contributed by atoms with E-state index in [0.29, 0.717) is 29.2 Å².